The number of rotatable bonds is 12. The number of ether oxygens (including phenoxy) is 2. The molecule has 1 atom stereocenters. The molecular weight excluding hydrogens is 504 g/mol. The highest BCUT2D eigenvalue weighted by molar-refractivity contribution is 5.78. The number of nitrogens with zero attached hydrogens (tertiary/aromatic N) is 1. The molecule has 0 aliphatic heterocycles. The Labute approximate surface area is 234 Å². The number of aliphatic carboxylic acids is 1. The van der Waals surface area contributed by atoms with Crippen LogP contribution in [0.25, 0.3) is 11.1 Å². The first-order chi connectivity index (χ1) is 19.3. The largest absolute Gasteiger partial charge is 0.489 e. The molecule has 0 spiro atoms. The Kier molecular flexibility index (Phi) is 9.18. The molecule has 4 aromatic carbocycles. The fourth-order valence-corrected chi connectivity index (χ4v) is 4.22. The molecule has 0 aromatic heterocycles. The van der Waals surface area contributed by atoms with Gasteiger partial charge in [0.05, 0.1) is 18.2 Å². The van der Waals surface area contributed by atoms with Gasteiger partial charge in [-0.05, 0) is 59.9 Å². The van der Waals surface area contributed by atoms with Crippen molar-refractivity contribution in [1.29, 1.82) is 5.26 Å². The summed E-state index contributed by atoms with van der Waals surface area (Å²) < 4.78 is 12.3. The van der Waals surface area contributed by atoms with Crippen LogP contribution in [-0.2, 0) is 24.6 Å². The van der Waals surface area contributed by atoms with Crippen LogP contribution < -0.4 is 14.8 Å². The van der Waals surface area contributed by atoms with E-state index in [1.165, 1.54) is 6.92 Å². The Bertz CT molecular complexity index is 1510. The number of aliphatic hydroxyl groups excluding tert-OH is 1. The molecule has 0 bridgehead atoms. The Morgan fingerprint density at radius 1 is 0.925 bits per heavy atom. The van der Waals surface area contributed by atoms with Gasteiger partial charge in [0.1, 0.15) is 30.3 Å². The molecule has 0 saturated carbocycles. The lowest BCUT2D eigenvalue weighted by Crippen LogP contribution is -2.52. The number of hydrogen-bond acceptors (Lipinski definition) is 6. The van der Waals surface area contributed by atoms with Crippen molar-refractivity contribution in [3.63, 3.8) is 0 Å². The standard InChI is InChI=1S/C33H32N2O5/c1-23-28(12-7-13-30(23)26-10-4-3-5-11-26)21-39-29-15-14-27(19-35-33(2,22-36)32(37)38)31(17-29)40-20-25-9-6-8-24(16-25)18-34/h3-17,35-36H,19-22H2,1-2H3,(H,37,38)/t33-/m0/s1. The molecule has 0 aliphatic rings. The van der Waals surface area contributed by atoms with Crippen molar-refractivity contribution in [2.75, 3.05) is 6.61 Å². The number of hydrogen-bond donors (Lipinski definition) is 3. The van der Waals surface area contributed by atoms with Gasteiger partial charge in [0.2, 0.25) is 0 Å². The van der Waals surface area contributed by atoms with Crippen molar-refractivity contribution in [2.24, 2.45) is 0 Å². The molecule has 7 nitrogen and oxygen atoms in total. The molecule has 0 unspecified atom stereocenters. The summed E-state index contributed by atoms with van der Waals surface area (Å²) in [6.07, 6.45) is 0. The van der Waals surface area contributed by atoms with Crippen LogP contribution in [0.5, 0.6) is 11.5 Å². The highest BCUT2D eigenvalue weighted by Crippen LogP contribution is 2.29. The maximum absolute atomic E-state index is 11.6. The number of carboxylic acids is 1. The second-order valence-corrected chi connectivity index (χ2v) is 9.76. The average Bonchev–Trinajstić information content (AvgIpc) is 2.99. The number of nitrogens with one attached hydrogen (secondary N) is 1. The van der Waals surface area contributed by atoms with Gasteiger partial charge in [-0.25, -0.2) is 0 Å². The van der Waals surface area contributed by atoms with Crippen LogP contribution in [0, 0.1) is 18.3 Å². The fraction of sp³-hybridized carbons (Fsp3) is 0.212. The molecule has 0 saturated heterocycles. The van der Waals surface area contributed by atoms with Gasteiger partial charge >= 0.3 is 5.97 Å². The smallest absolute Gasteiger partial charge is 0.326 e. The normalized spacial score (nSPS) is 12.2. The van der Waals surface area contributed by atoms with Gasteiger partial charge in [-0.3, -0.25) is 10.1 Å². The van der Waals surface area contributed by atoms with Crippen molar-refractivity contribution >= 4 is 5.97 Å². The van der Waals surface area contributed by atoms with Gasteiger partial charge in [-0.2, -0.15) is 5.26 Å². The van der Waals surface area contributed by atoms with Gasteiger partial charge in [0.15, 0.2) is 0 Å². The predicted octanol–water partition coefficient (Wildman–Crippen LogP) is 5.62. The van der Waals surface area contributed by atoms with Crippen LogP contribution in [0.15, 0.2) is 91.0 Å². The van der Waals surface area contributed by atoms with Crippen LogP contribution in [0.2, 0.25) is 0 Å². The third-order valence-electron chi connectivity index (χ3n) is 6.87. The molecule has 40 heavy (non-hydrogen) atoms. The molecule has 4 aromatic rings. The summed E-state index contributed by atoms with van der Waals surface area (Å²) in [5.41, 5.74) is 5.05. The maximum atomic E-state index is 11.6. The number of aliphatic hydroxyl groups is 1. The van der Waals surface area contributed by atoms with Crippen molar-refractivity contribution in [2.45, 2.75) is 39.1 Å². The Balaban J connectivity index is 1.55. The van der Waals surface area contributed by atoms with Gasteiger partial charge in [0, 0.05) is 18.2 Å². The van der Waals surface area contributed by atoms with Gasteiger partial charge in [-0.1, -0.05) is 66.7 Å². The predicted molar refractivity (Wildman–Crippen MR) is 153 cm³/mol. The fourth-order valence-electron chi connectivity index (χ4n) is 4.22. The van der Waals surface area contributed by atoms with Crippen molar-refractivity contribution < 1.29 is 24.5 Å². The van der Waals surface area contributed by atoms with Crippen molar-refractivity contribution in [1.82, 2.24) is 5.32 Å². The lowest BCUT2D eigenvalue weighted by Gasteiger charge is -2.24. The zero-order valence-electron chi connectivity index (χ0n) is 22.6. The van der Waals surface area contributed by atoms with E-state index in [-0.39, 0.29) is 13.2 Å². The molecule has 0 amide bonds. The first-order valence-corrected chi connectivity index (χ1v) is 12.9. The Morgan fingerprint density at radius 3 is 2.42 bits per heavy atom. The lowest BCUT2D eigenvalue weighted by atomic mass is 9.97. The Morgan fingerprint density at radius 2 is 1.70 bits per heavy atom. The number of nitriles is 1. The molecule has 0 aliphatic carbocycles. The molecule has 0 fully saturated rings. The number of carbonyl (C=O) groups is 1. The van der Waals surface area contributed by atoms with Crippen LogP contribution in [0.3, 0.4) is 0 Å². The van der Waals surface area contributed by atoms with E-state index in [9.17, 15) is 20.3 Å². The minimum absolute atomic E-state index is 0.148. The SMILES string of the molecule is Cc1c(COc2ccc(CN[C@@](C)(CO)C(=O)O)c(OCc3cccc(C#N)c3)c2)cccc1-c1ccccc1. The zero-order chi connectivity index (χ0) is 28.5. The monoisotopic (exact) mass is 536 g/mol. The summed E-state index contributed by atoms with van der Waals surface area (Å²) in [6.45, 7) is 3.65. The van der Waals surface area contributed by atoms with E-state index < -0.39 is 18.1 Å². The van der Waals surface area contributed by atoms with Crippen molar-refractivity contribution in [3.05, 3.63) is 119 Å². The molecule has 0 radical (unpaired) electrons. The van der Waals surface area contributed by atoms with E-state index in [0.29, 0.717) is 29.2 Å². The van der Waals surface area contributed by atoms with Gasteiger partial charge in [0.25, 0.3) is 0 Å². The van der Waals surface area contributed by atoms with E-state index in [1.807, 2.05) is 48.5 Å². The summed E-state index contributed by atoms with van der Waals surface area (Å²) in [5, 5.41) is 31.3. The summed E-state index contributed by atoms with van der Waals surface area (Å²) in [5.74, 6) is -0.0520. The van der Waals surface area contributed by atoms with Crippen LogP contribution in [-0.4, -0.2) is 28.3 Å². The Hall–Kier alpha value is -4.64. The number of benzene rings is 4. The molecule has 7 heteroatoms. The first kappa shape index (κ1) is 28.4. The van der Waals surface area contributed by atoms with E-state index in [0.717, 1.165) is 27.8 Å². The van der Waals surface area contributed by atoms with E-state index in [4.69, 9.17) is 9.47 Å². The second kappa shape index (κ2) is 12.9. The molecule has 3 N–H and O–H groups in total. The zero-order valence-corrected chi connectivity index (χ0v) is 22.6. The summed E-state index contributed by atoms with van der Waals surface area (Å²) >= 11 is 0. The van der Waals surface area contributed by atoms with E-state index in [2.05, 4.69) is 36.5 Å². The minimum atomic E-state index is -1.51. The van der Waals surface area contributed by atoms with Gasteiger partial charge in [-0.15, -0.1) is 0 Å². The molecule has 204 valence electrons. The summed E-state index contributed by atoms with van der Waals surface area (Å²) in [6, 6.07) is 31.1. The van der Waals surface area contributed by atoms with Crippen molar-refractivity contribution in [3.8, 4) is 28.7 Å². The second-order valence-electron chi connectivity index (χ2n) is 9.76. The number of carboxylic acid groups (broad SMARTS) is 1. The van der Waals surface area contributed by atoms with Gasteiger partial charge < -0.3 is 19.7 Å². The van der Waals surface area contributed by atoms with E-state index in [1.54, 1.807) is 24.3 Å². The molecular formula is C33H32N2O5. The minimum Gasteiger partial charge on any atom is -0.489 e. The van der Waals surface area contributed by atoms with Crippen LogP contribution >= 0.6 is 0 Å². The molecule has 4 rings (SSSR count). The maximum Gasteiger partial charge on any atom is 0.326 e. The highest BCUT2D eigenvalue weighted by atomic mass is 16.5. The van der Waals surface area contributed by atoms with Crippen LogP contribution in [0.4, 0.5) is 0 Å². The first-order valence-electron chi connectivity index (χ1n) is 12.9. The lowest BCUT2D eigenvalue weighted by molar-refractivity contribution is -0.145. The molecule has 0 heterocycles. The summed E-state index contributed by atoms with van der Waals surface area (Å²) in [7, 11) is 0. The summed E-state index contributed by atoms with van der Waals surface area (Å²) in [4.78, 5) is 11.6. The third-order valence-corrected chi connectivity index (χ3v) is 6.87. The van der Waals surface area contributed by atoms with E-state index >= 15 is 0 Å². The quantitative estimate of drug-likeness (QED) is 0.216. The third kappa shape index (κ3) is 6.86. The topological polar surface area (TPSA) is 112 Å². The highest BCUT2D eigenvalue weighted by Gasteiger charge is 2.32. The van der Waals surface area contributed by atoms with Crippen LogP contribution in [0.1, 0.15) is 34.7 Å². The average molecular weight is 537 g/mol.